The second-order valence-corrected chi connectivity index (χ2v) is 6.34. The predicted octanol–water partition coefficient (Wildman–Crippen LogP) is 4.03. The monoisotopic (exact) mass is 261 g/mol. The smallest absolute Gasteiger partial charge is 0.147 e. The molecule has 1 aromatic heterocycles. The molecule has 0 spiro atoms. The van der Waals surface area contributed by atoms with Crippen LogP contribution in [0, 0.1) is 17.0 Å². The Morgan fingerprint density at radius 1 is 1.67 bits per heavy atom. The number of hydrogen-bond acceptors (Lipinski definition) is 1. The number of thiophene rings is 1. The molecule has 0 amide bonds. The first-order chi connectivity index (χ1) is 7.12. The third kappa shape index (κ3) is 2.41. The zero-order chi connectivity index (χ0) is 10.9. The van der Waals surface area contributed by atoms with Crippen LogP contribution in [0.5, 0.6) is 0 Å². The third-order valence-corrected chi connectivity index (χ3v) is 5.22. The Morgan fingerprint density at radius 2 is 2.47 bits per heavy atom. The molecule has 3 heteroatoms. The Hall–Kier alpha value is 0.0200. The van der Waals surface area contributed by atoms with Crippen molar-refractivity contribution >= 4 is 22.9 Å². The van der Waals surface area contributed by atoms with Gasteiger partial charge in [-0.15, -0.1) is 22.9 Å². The third-order valence-electron chi connectivity index (χ3n) is 3.03. The van der Waals surface area contributed by atoms with Gasteiger partial charge in [0.15, 0.2) is 5.38 Å². The normalized spacial score (nSPS) is 32.9. The van der Waals surface area contributed by atoms with E-state index < -0.39 is 0 Å². The van der Waals surface area contributed by atoms with Crippen LogP contribution in [-0.4, -0.2) is 5.38 Å². The topological polar surface area (TPSA) is 0 Å². The number of alkyl halides is 2. The average molecular weight is 262 g/mol. The summed E-state index contributed by atoms with van der Waals surface area (Å²) in [7, 11) is 0. The fraction of sp³-hybridized carbons (Fsp3) is 0.500. The Kier molecular flexibility index (Phi) is 3.44. The zero-order valence-electron chi connectivity index (χ0n) is 8.65. The molecule has 15 heavy (non-hydrogen) atoms. The standard InChI is InChI=1S/C12H15Cl2S/c1-12(6-4-9(13)5-7-12)11(14)10-3-2-8-15-10/h2-4,6,8-9,11,13H,5,7H2,1H3/q+1. The van der Waals surface area contributed by atoms with Gasteiger partial charge in [-0.3, -0.25) is 0 Å². The summed E-state index contributed by atoms with van der Waals surface area (Å²) in [5, 5.41) is 2.46. The molecule has 3 atom stereocenters. The highest BCUT2D eigenvalue weighted by atomic mass is 35.5. The highest BCUT2D eigenvalue weighted by Gasteiger charge is 2.36. The van der Waals surface area contributed by atoms with Crippen LogP contribution in [0.4, 0.5) is 0 Å². The molecule has 82 valence electrons. The van der Waals surface area contributed by atoms with Crippen molar-refractivity contribution in [3.63, 3.8) is 0 Å². The summed E-state index contributed by atoms with van der Waals surface area (Å²) in [5.41, 5.74) is 0.0711. The second-order valence-electron chi connectivity index (χ2n) is 4.32. The minimum absolute atomic E-state index is 0.0711. The molecule has 3 unspecified atom stereocenters. The van der Waals surface area contributed by atoms with Crippen LogP contribution in [-0.2, 0) is 0 Å². The van der Waals surface area contributed by atoms with Gasteiger partial charge in [-0.1, -0.05) is 19.1 Å². The molecular formula is C12H15Cl2S+. The van der Waals surface area contributed by atoms with Gasteiger partial charge >= 0.3 is 0 Å². The van der Waals surface area contributed by atoms with E-state index in [0.717, 1.165) is 12.8 Å². The summed E-state index contributed by atoms with van der Waals surface area (Å²) in [4.78, 5) is 1.26. The lowest BCUT2D eigenvalue weighted by molar-refractivity contribution is -0.406. The minimum Gasteiger partial charge on any atom is -0.147 e. The maximum Gasteiger partial charge on any atom is 0.197 e. The van der Waals surface area contributed by atoms with Crippen LogP contribution < -0.4 is 0 Å². The fourth-order valence-electron chi connectivity index (χ4n) is 1.93. The van der Waals surface area contributed by atoms with Gasteiger partial charge in [-0.25, -0.2) is 0 Å². The van der Waals surface area contributed by atoms with Crippen LogP contribution in [0.1, 0.15) is 30.0 Å². The fourth-order valence-corrected chi connectivity index (χ4v) is 3.40. The van der Waals surface area contributed by atoms with E-state index in [0.29, 0.717) is 5.38 Å². The van der Waals surface area contributed by atoms with Gasteiger partial charge in [-0.2, -0.15) is 0 Å². The molecule has 1 heterocycles. The van der Waals surface area contributed by atoms with Gasteiger partial charge in [0.05, 0.1) is 5.38 Å². The first-order valence-electron chi connectivity index (χ1n) is 5.14. The van der Waals surface area contributed by atoms with Crippen molar-refractivity contribution in [3.05, 3.63) is 34.5 Å². The van der Waals surface area contributed by atoms with E-state index in [-0.39, 0.29) is 10.8 Å². The van der Waals surface area contributed by atoms with Gasteiger partial charge in [0.25, 0.3) is 0 Å². The Morgan fingerprint density at radius 3 is 3.00 bits per heavy atom. The van der Waals surface area contributed by atoms with Crippen molar-refractivity contribution < 1.29 is 11.6 Å². The SMILES string of the molecule is CC1(C(Cl)c2cccs2)C=CC([ClH+])CC1. The average Bonchev–Trinajstić information content (AvgIpc) is 2.75. The van der Waals surface area contributed by atoms with E-state index in [9.17, 15) is 0 Å². The van der Waals surface area contributed by atoms with E-state index >= 15 is 0 Å². The van der Waals surface area contributed by atoms with Gasteiger partial charge < -0.3 is 0 Å². The molecule has 0 bridgehead atoms. The van der Waals surface area contributed by atoms with E-state index in [1.807, 2.05) is 0 Å². The van der Waals surface area contributed by atoms with Crippen LogP contribution in [0.15, 0.2) is 29.7 Å². The molecule has 0 N–H and O–H groups in total. The summed E-state index contributed by atoms with van der Waals surface area (Å²) in [5.74, 6) is 0. The molecule has 0 aliphatic heterocycles. The largest absolute Gasteiger partial charge is 0.197 e. The van der Waals surface area contributed by atoms with Crippen molar-refractivity contribution in [2.24, 2.45) is 5.41 Å². The maximum absolute atomic E-state index is 6.54. The van der Waals surface area contributed by atoms with Gasteiger partial charge in [0, 0.05) is 16.7 Å². The number of allylic oxidation sites excluding steroid dienone is 2. The lowest BCUT2D eigenvalue weighted by atomic mass is 9.77. The molecule has 1 aliphatic rings. The van der Waals surface area contributed by atoms with Gasteiger partial charge in [-0.05, 0) is 23.9 Å². The van der Waals surface area contributed by atoms with Gasteiger partial charge in [0.2, 0.25) is 0 Å². The van der Waals surface area contributed by atoms with Crippen LogP contribution >= 0.6 is 22.9 Å². The molecule has 0 saturated carbocycles. The Bertz CT molecular complexity index is 345. The number of rotatable bonds is 2. The molecule has 0 saturated heterocycles. The maximum atomic E-state index is 6.54. The number of hydrogen-bond donors (Lipinski definition) is 0. The van der Waals surface area contributed by atoms with E-state index in [1.165, 1.54) is 4.88 Å². The number of halogens is 2. The lowest BCUT2D eigenvalue weighted by Gasteiger charge is -2.33. The van der Waals surface area contributed by atoms with Crippen LogP contribution in [0.3, 0.4) is 0 Å². The molecule has 0 radical (unpaired) electrons. The highest BCUT2D eigenvalue weighted by molar-refractivity contribution is 7.10. The Labute approximate surface area is 105 Å². The summed E-state index contributed by atoms with van der Waals surface area (Å²) in [6.45, 7) is 2.22. The van der Waals surface area contributed by atoms with Gasteiger partial charge in [0.1, 0.15) is 11.6 Å². The van der Waals surface area contributed by atoms with E-state index in [1.54, 1.807) is 11.3 Å². The van der Waals surface area contributed by atoms with Crippen molar-refractivity contribution in [2.75, 3.05) is 0 Å². The summed E-state index contributed by atoms with van der Waals surface area (Å²) >= 11 is 13.5. The molecular weight excluding hydrogens is 247 g/mol. The van der Waals surface area contributed by atoms with Crippen molar-refractivity contribution in [1.82, 2.24) is 0 Å². The van der Waals surface area contributed by atoms with Crippen molar-refractivity contribution in [2.45, 2.75) is 30.5 Å². The van der Waals surface area contributed by atoms with E-state index in [2.05, 4.69) is 36.6 Å². The summed E-state index contributed by atoms with van der Waals surface area (Å²) in [6, 6.07) is 4.17. The van der Waals surface area contributed by atoms with Crippen LogP contribution in [0.25, 0.3) is 0 Å². The molecule has 1 aromatic rings. The predicted molar refractivity (Wildman–Crippen MR) is 64.6 cm³/mol. The lowest BCUT2D eigenvalue weighted by Crippen LogP contribution is -2.25. The Balaban J connectivity index is 2.19. The summed E-state index contributed by atoms with van der Waals surface area (Å²) in [6.07, 6.45) is 6.49. The molecule has 2 rings (SSSR count). The minimum atomic E-state index is 0.0711. The second kappa shape index (κ2) is 4.48. The highest BCUT2D eigenvalue weighted by Crippen LogP contribution is 2.47. The van der Waals surface area contributed by atoms with Crippen molar-refractivity contribution in [1.29, 1.82) is 0 Å². The molecule has 0 aromatic carbocycles. The quantitative estimate of drug-likeness (QED) is 0.557. The first-order valence-corrected chi connectivity index (χ1v) is 6.93. The summed E-state index contributed by atoms with van der Waals surface area (Å²) < 4.78 is 0. The van der Waals surface area contributed by atoms with Crippen LogP contribution in [0.2, 0.25) is 0 Å². The molecule has 1 aliphatic carbocycles. The van der Waals surface area contributed by atoms with Crippen molar-refractivity contribution in [3.8, 4) is 0 Å². The van der Waals surface area contributed by atoms with E-state index in [4.69, 9.17) is 23.2 Å². The molecule has 0 fully saturated rings. The first kappa shape index (κ1) is 11.5. The molecule has 0 nitrogen and oxygen atoms in total. The zero-order valence-corrected chi connectivity index (χ0v) is 11.0.